The minimum Gasteiger partial charge on any atom is -0.480 e. The van der Waals surface area contributed by atoms with E-state index in [0.29, 0.717) is 33.7 Å². The van der Waals surface area contributed by atoms with E-state index in [9.17, 15) is 27.9 Å². The number of fused-ring (bicyclic) bond motifs is 1. The predicted molar refractivity (Wildman–Crippen MR) is 147 cm³/mol. The number of anilines is 1. The third-order valence-electron chi connectivity index (χ3n) is 6.13. The summed E-state index contributed by atoms with van der Waals surface area (Å²) in [5.41, 5.74) is 8.48. The van der Waals surface area contributed by atoms with E-state index in [4.69, 9.17) is 5.73 Å². The number of benzene rings is 2. The topological polar surface area (TPSA) is 184 Å². The lowest BCUT2D eigenvalue weighted by molar-refractivity contribution is -0.138. The maximum atomic E-state index is 13.0. The van der Waals surface area contributed by atoms with Crippen molar-refractivity contribution in [2.24, 2.45) is 0 Å². The van der Waals surface area contributed by atoms with Gasteiger partial charge in [-0.05, 0) is 56.2 Å². The molecule has 2 aromatic heterocycles. The third kappa shape index (κ3) is 5.81. The van der Waals surface area contributed by atoms with Crippen LogP contribution >= 0.6 is 0 Å². The summed E-state index contributed by atoms with van der Waals surface area (Å²) in [6, 6.07) is 11.8. The number of nitrogens with two attached hydrogens (primary N) is 1. The molecule has 0 saturated carbocycles. The Labute approximate surface area is 224 Å². The lowest BCUT2D eigenvalue weighted by Gasteiger charge is -2.18. The fourth-order valence-electron chi connectivity index (χ4n) is 4.47. The van der Waals surface area contributed by atoms with Crippen molar-refractivity contribution in [2.45, 2.75) is 31.7 Å². The average Bonchev–Trinajstić information content (AvgIpc) is 2.85. The Bertz CT molecular complexity index is 1760. The van der Waals surface area contributed by atoms with Gasteiger partial charge in [0.2, 0.25) is 15.5 Å². The van der Waals surface area contributed by atoms with E-state index < -0.39 is 39.9 Å². The molecule has 11 nitrogen and oxygen atoms in total. The van der Waals surface area contributed by atoms with Gasteiger partial charge in [-0.15, -0.1) is 0 Å². The van der Waals surface area contributed by atoms with E-state index in [1.165, 1.54) is 6.20 Å². The van der Waals surface area contributed by atoms with Crippen LogP contribution in [0.15, 0.2) is 64.4 Å². The molecular formula is C27H27N5O6S. The van der Waals surface area contributed by atoms with Crippen LogP contribution in [-0.2, 0) is 14.8 Å². The number of aromatic amines is 1. The number of amides is 1. The van der Waals surface area contributed by atoms with Gasteiger partial charge in [0.05, 0.1) is 10.6 Å². The molecule has 0 aliphatic carbocycles. The zero-order valence-electron chi connectivity index (χ0n) is 21.4. The van der Waals surface area contributed by atoms with E-state index in [-0.39, 0.29) is 15.8 Å². The van der Waals surface area contributed by atoms with Crippen molar-refractivity contribution in [3.8, 4) is 11.3 Å². The standard InChI is InChI=1S/C27H27N5O6S/c1-14-9-15(2)25(16(3)10-14)39(37,38)32-22(27(35)36)13-30-26(34)19-12-29-21-11-17(7-8-18(21)24(19)33)20-5-4-6-23(28)31-20/h4-12,22,32H,13H2,1-3H3,(H2,28,31)(H,29,33)(H,30,34)(H,35,36). The molecule has 2 heterocycles. The van der Waals surface area contributed by atoms with Crippen LogP contribution < -0.4 is 21.2 Å². The summed E-state index contributed by atoms with van der Waals surface area (Å²) < 4.78 is 28.2. The number of nitrogens with zero attached hydrogens (tertiary/aromatic N) is 1. The minimum absolute atomic E-state index is 0.0237. The number of hydrogen-bond donors (Lipinski definition) is 5. The fourth-order valence-corrected chi connectivity index (χ4v) is 6.11. The highest BCUT2D eigenvalue weighted by Gasteiger charge is 2.28. The van der Waals surface area contributed by atoms with E-state index in [1.807, 2.05) is 6.92 Å². The van der Waals surface area contributed by atoms with Crippen molar-refractivity contribution < 1.29 is 23.1 Å². The van der Waals surface area contributed by atoms with E-state index in [2.05, 4.69) is 20.0 Å². The number of carboxylic acid groups (broad SMARTS) is 1. The van der Waals surface area contributed by atoms with Gasteiger partial charge in [0.1, 0.15) is 17.4 Å². The first-order chi connectivity index (χ1) is 18.4. The molecule has 12 heteroatoms. The summed E-state index contributed by atoms with van der Waals surface area (Å²) in [7, 11) is -4.22. The van der Waals surface area contributed by atoms with Crippen LogP contribution in [0.2, 0.25) is 0 Å². The summed E-state index contributed by atoms with van der Waals surface area (Å²) >= 11 is 0. The fraction of sp³-hybridized carbons (Fsp3) is 0.185. The number of H-pyrrole nitrogens is 1. The molecule has 4 rings (SSSR count). The van der Waals surface area contributed by atoms with Crippen LogP contribution in [0.5, 0.6) is 0 Å². The van der Waals surface area contributed by atoms with Crippen LogP contribution in [0, 0.1) is 20.8 Å². The molecule has 0 radical (unpaired) electrons. The Morgan fingerprint density at radius 2 is 1.77 bits per heavy atom. The Balaban J connectivity index is 1.54. The van der Waals surface area contributed by atoms with Gasteiger partial charge in [0, 0.05) is 29.2 Å². The zero-order chi connectivity index (χ0) is 28.5. The van der Waals surface area contributed by atoms with Gasteiger partial charge in [0.25, 0.3) is 5.91 Å². The van der Waals surface area contributed by atoms with Crippen molar-refractivity contribution in [3.63, 3.8) is 0 Å². The summed E-state index contributed by atoms with van der Waals surface area (Å²) in [6.07, 6.45) is 1.22. The first-order valence-corrected chi connectivity index (χ1v) is 13.3. The average molecular weight is 550 g/mol. The van der Waals surface area contributed by atoms with Crippen LogP contribution in [0.3, 0.4) is 0 Å². The maximum absolute atomic E-state index is 13.0. The lowest BCUT2D eigenvalue weighted by atomic mass is 10.1. The number of pyridine rings is 2. The number of nitrogens with one attached hydrogen (secondary N) is 3. The molecule has 1 unspecified atom stereocenters. The Hall–Kier alpha value is -4.55. The summed E-state index contributed by atoms with van der Waals surface area (Å²) in [4.78, 5) is 44.8. The second-order valence-electron chi connectivity index (χ2n) is 9.19. The van der Waals surface area contributed by atoms with Crippen molar-refractivity contribution in [1.82, 2.24) is 20.0 Å². The number of aliphatic carboxylic acids is 1. The molecule has 2 aromatic carbocycles. The van der Waals surface area contributed by atoms with Crippen LogP contribution in [0.1, 0.15) is 27.0 Å². The molecule has 0 spiro atoms. The van der Waals surface area contributed by atoms with E-state index in [1.54, 1.807) is 62.4 Å². The summed E-state index contributed by atoms with van der Waals surface area (Å²) in [6.45, 7) is 4.47. The van der Waals surface area contributed by atoms with Crippen LogP contribution in [0.4, 0.5) is 5.82 Å². The van der Waals surface area contributed by atoms with Crippen molar-refractivity contribution in [2.75, 3.05) is 12.3 Å². The highest BCUT2D eigenvalue weighted by molar-refractivity contribution is 7.89. The number of carboxylic acids is 1. The van der Waals surface area contributed by atoms with Gasteiger partial charge in [-0.25, -0.2) is 13.4 Å². The second-order valence-corrected chi connectivity index (χ2v) is 10.8. The maximum Gasteiger partial charge on any atom is 0.323 e. The molecule has 0 saturated heterocycles. The van der Waals surface area contributed by atoms with Crippen molar-refractivity contribution in [1.29, 1.82) is 0 Å². The predicted octanol–water partition coefficient (Wildman–Crippen LogP) is 2.26. The number of aromatic nitrogens is 2. The minimum atomic E-state index is -4.22. The van der Waals surface area contributed by atoms with Crippen molar-refractivity contribution in [3.05, 3.63) is 87.2 Å². The molecule has 1 amide bonds. The van der Waals surface area contributed by atoms with Gasteiger partial charge in [0.15, 0.2) is 0 Å². The van der Waals surface area contributed by atoms with Crippen molar-refractivity contribution >= 4 is 38.6 Å². The summed E-state index contributed by atoms with van der Waals surface area (Å²) in [5, 5.41) is 12.2. The number of sulfonamides is 1. The number of carbonyl (C=O) groups is 2. The summed E-state index contributed by atoms with van der Waals surface area (Å²) in [5.74, 6) is -2.00. The first kappa shape index (κ1) is 27.5. The second kappa shape index (κ2) is 10.7. The molecule has 4 aromatic rings. The largest absolute Gasteiger partial charge is 0.480 e. The molecule has 6 N–H and O–H groups in total. The molecule has 39 heavy (non-hydrogen) atoms. The molecule has 0 fully saturated rings. The smallest absolute Gasteiger partial charge is 0.323 e. The van der Waals surface area contributed by atoms with Crippen LogP contribution in [-0.4, -0.2) is 48.0 Å². The lowest BCUT2D eigenvalue weighted by Crippen LogP contribution is -2.49. The highest BCUT2D eigenvalue weighted by atomic mass is 32.2. The number of nitrogen functional groups attached to an aromatic ring is 1. The normalized spacial score (nSPS) is 12.3. The van der Waals surface area contributed by atoms with E-state index in [0.717, 1.165) is 5.56 Å². The molecule has 0 aliphatic heterocycles. The van der Waals surface area contributed by atoms with E-state index >= 15 is 0 Å². The number of rotatable bonds is 8. The van der Waals surface area contributed by atoms with Gasteiger partial charge >= 0.3 is 5.97 Å². The quantitative estimate of drug-likeness (QED) is 0.222. The SMILES string of the molecule is Cc1cc(C)c(S(=O)(=O)NC(CNC(=O)c2c[nH]c3cc(-c4cccc(N)n4)ccc3c2=O)C(=O)O)c(C)c1. The number of carbonyl (C=O) groups excluding carboxylic acids is 1. The molecular weight excluding hydrogens is 522 g/mol. The number of aryl methyl sites for hydroxylation is 3. The Morgan fingerprint density at radius 1 is 1.08 bits per heavy atom. The number of hydrogen-bond acceptors (Lipinski definition) is 7. The third-order valence-corrected chi connectivity index (χ3v) is 7.90. The monoisotopic (exact) mass is 549 g/mol. The zero-order valence-corrected chi connectivity index (χ0v) is 22.2. The van der Waals surface area contributed by atoms with Gasteiger partial charge < -0.3 is 21.1 Å². The first-order valence-electron chi connectivity index (χ1n) is 11.9. The molecule has 1 atom stereocenters. The molecule has 0 bridgehead atoms. The molecule has 202 valence electrons. The van der Waals surface area contributed by atoms with Gasteiger partial charge in [-0.3, -0.25) is 14.4 Å². The van der Waals surface area contributed by atoms with Crippen LogP contribution in [0.25, 0.3) is 22.2 Å². The van der Waals surface area contributed by atoms with Gasteiger partial charge in [-0.2, -0.15) is 4.72 Å². The Kier molecular flexibility index (Phi) is 7.52. The highest BCUT2D eigenvalue weighted by Crippen LogP contribution is 2.23. The Morgan fingerprint density at radius 3 is 2.41 bits per heavy atom. The van der Waals surface area contributed by atoms with Gasteiger partial charge in [-0.1, -0.05) is 29.8 Å². The molecule has 0 aliphatic rings.